The van der Waals surface area contributed by atoms with Crippen molar-refractivity contribution in [2.45, 2.75) is 13.8 Å². The first-order chi connectivity index (χ1) is 6.15. The van der Waals surface area contributed by atoms with Crippen LogP contribution in [0.1, 0.15) is 16.8 Å². The lowest BCUT2D eigenvalue weighted by Crippen LogP contribution is -1.97. The molecule has 2 nitrogen and oxygen atoms in total. The average molecular weight is 195 g/mol. The van der Waals surface area contributed by atoms with Crippen molar-refractivity contribution in [1.82, 2.24) is 4.98 Å². The summed E-state index contributed by atoms with van der Waals surface area (Å²) in [5, 5.41) is 0. The van der Waals surface area contributed by atoms with Gasteiger partial charge in [-0.1, -0.05) is 11.8 Å². The lowest BCUT2D eigenvalue weighted by molar-refractivity contribution is 1.17. The maximum Gasteiger partial charge on any atom is 0.123 e. The number of nitrogen functional groups attached to an aromatic ring is 1. The molecule has 0 aliphatic rings. The van der Waals surface area contributed by atoms with Gasteiger partial charge in [-0.15, -0.1) is 11.6 Å². The molecule has 3 heteroatoms. The molecule has 0 aliphatic heterocycles. The summed E-state index contributed by atoms with van der Waals surface area (Å²) < 4.78 is 0. The highest BCUT2D eigenvalue weighted by Crippen LogP contribution is 2.12. The smallest absolute Gasteiger partial charge is 0.123 e. The highest BCUT2D eigenvalue weighted by Gasteiger charge is 2.01. The molecule has 13 heavy (non-hydrogen) atoms. The number of halogens is 1. The third-order valence-electron chi connectivity index (χ3n) is 1.70. The Labute approximate surface area is 83.1 Å². The van der Waals surface area contributed by atoms with Crippen LogP contribution in [-0.4, -0.2) is 10.9 Å². The third-order valence-corrected chi connectivity index (χ3v) is 1.83. The number of anilines is 1. The lowest BCUT2D eigenvalue weighted by atomic mass is 10.1. The van der Waals surface area contributed by atoms with Crippen molar-refractivity contribution in [3.05, 3.63) is 22.9 Å². The quantitative estimate of drug-likeness (QED) is 0.506. The zero-order valence-corrected chi connectivity index (χ0v) is 8.44. The number of pyridine rings is 1. The first kappa shape index (κ1) is 9.88. The number of rotatable bonds is 0. The molecular formula is C10H11ClN2. The Bertz CT molecular complexity index is 351. The van der Waals surface area contributed by atoms with Crippen LogP contribution in [0.2, 0.25) is 0 Å². The Morgan fingerprint density at radius 3 is 2.77 bits per heavy atom. The topological polar surface area (TPSA) is 38.9 Å². The Kier molecular flexibility index (Phi) is 3.16. The van der Waals surface area contributed by atoms with E-state index in [1.807, 2.05) is 19.9 Å². The van der Waals surface area contributed by atoms with Gasteiger partial charge in [0.2, 0.25) is 0 Å². The molecular weight excluding hydrogens is 184 g/mol. The summed E-state index contributed by atoms with van der Waals surface area (Å²) >= 11 is 5.47. The second-order valence-corrected chi connectivity index (χ2v) is 3.03. The fourth-order valence-corrected chi connectivity index (χ4v) is 1.24. The van der Waals surface area contributed by atoms with E-state index in [0.29, 0.717) is 11.7 Å². The van der Waals surface area contributed by atoms with E-state index in [0.717, 1.165) is 16.8 Å². The van der Waals surface area contributed by atoms with Crippen LogP contribution in [0.3, 0.4) is 0 Å². The molecule has 1 aromatic rings. The summed E-state index contributed by atoms with van der Waals surface area (Å²) in [7, 11) is 0. The summed E-state index contributed by atoms with van der Waals surface area (Å²) in [6.07, 6.45) is 0. The van der Waals surface area contributed by atoms with E-state index in [-0.39, 0.29) is 0 Å². The van der Waals surface area contributed by atoms with Crippen molar-refractivity contribution in [3.8, 4) is 11.8 Å². The Morgan fingerprint density at radius 1 is 1.54 bits per heavy atom. The Hall–Kier alpha value is -1.20. The summed E-state index contributed by atoms with van der Waals surface area (Å²) in [5.41, 5.74) is 8.40. The van der Waals surface area contributed by atoms with Gasteiger partial charge in [0.15, 0.2) is 0 Å². The standard InChI is InChI=1S/C10H11ClN2/c1-7-6-10(12)13-8(2)9(7)4-3-5-11/h6H,5H2,1-2H3,(H2,12,13). The van der Waals surface area contributed by atoms with Crippen LogP contribution in [0.4, 0.5) is 5.82 Å². The van der Waals surface area contributed by atoms with Gasteiger partial charge in [0.1, 0.15) is 5.82 Å². The fourth-order valence-electron chi connectivity index (χ4n) is 1.17. The molecule has 2 N–H and O–H groups in total. The van der Waals surface area contributed by atoms with E-state index in [9.17, 15) is 0 Å². The summed E-state index contributed by atoms with van der Waals surface area (Å²) in [6.45, 7) is 3.85. The third kappa shape index (κ3) is 2.37. The van der Waals surface area contributed by atoms with Crippen LogP contribution in [0.5, 0.6) is 0 Å². The number of aromatic nitrogens is 1. The van der Waals surface area contributed by atoms with Gasteiger partial charge in [-0.05, 0) is 25.5 Å². The first-order valence-electron chi connectivity index (χ1n) is 3.93. The second kappa shape index (κ2) is 4.15. The number of nitrogens with two attached hydrogens (primary N) is 1. The first-order valence-corrected chi connectivity index (χ1v) is 4.47. The van der Waals surface area contributed by atoms with Crippen LogP contribution in [0.15, 0.2) is 6.07 Å². The van der Waals surface area contributed by atoms with E-state index >= 15 is 0 Å². The summed E-state index contributed by atoms with van der Waals surface area (Å²) in [5.74, 6) is 6.63. The van der Waals surface area contributed by atoms with E-state index in [4.69, 9.17) is 17.3 Å². The minimum Gasteiger partial charge on any atom is -0.384 e. The van der Waals surface area contributed by atoms with Gasteiger partial charge >= 0.3 is 0 Å². The van der Waals surface area contributed by atoms with Gasteiger partial charge in [-0.25, -0.2) is 4.98 Å². The van der Waals surface area contributed by atoms with Gasteiger partial charge < -0.3 is 5.73 Å². The molecule has 1 aromatic heterocycles. The van der Waals surface area contributed by atoms with E-state index in [1.54, 1.807) is 0 Å². The highest BCUT2D eigenvalue weighted by atomic mass is 35.5. The summed E-state index contributed by atoms with van der Waals surface area (Å²) in [4.78, 5) is 4.12. The van der Waals surface area contributed by atoms with Crippen molar-refractivity contribution in [3.63, 3.8) is 0 Å². The van der Waals surface area contributed by atoms with Crippen molar-refractivity contribution >= 4 is 17.4 Å². The Morgan fingerprint density at radius 2 is 2.23 bits per heavy atom. The maximum absolute atomic E-state index is 5.57. The van der Waals surface area contributed by atoms with Crippen molar-refractivity contribution in [1.29, 1.82) is 0 Å². The fraction of sp³-hybridized carbons (Fsp3) is 0.300. The minimum absolute atomic E-state index is 0.337. The van der Waals surface area contributed by atoms with Gasteiger partial charge in [-0.2, -0.15) is 0 Å². The molecule has 0 bridgehead atoms. The van der Waals surface area contributed by atoms with Crippen LogP contribution in [-0.2, 0) is 0 Å². The molecule has 1 rings (SSSR count). The molecule has 0 atom stereocenters. The SMILES string of the molecule is Cc1cc(N)nc(C)c1C#CCCl. The van der Waals surface area contributed by atoms with Crippen molar-refractivity contribution in [2.75, 3.05) is 11.6 Å². The predicted molar refractivity (Wildman–Crippen MR) is 55.7 cm³/mol. The molecule has 0 radical (unpaired) electrons. The molecule has 1 heterocycles. The van der Waals surface area contributed by atoms with Gasteiger partial charge in [-0.3, -0.25) is 0 Å². The maximum atomic E-state index is 5.57. The van der Waals surface area contributed by atoms with Gasteiger partial charge in [0.05, 0.1) is 11.6 Å². The minimum atomic E-state index is 0.337. The predicted octanol–water partition coefficient (Wildman–Crippen LogP) is 1.87. The molecule has 0 spiro atoms. The molecule has 0 saturated heterocycles. The molecule has 0 aliphatic carbocycles. The van der Waals surface area contributed by atoms with E-state index in [1.165, 1.54) is 0 Å². The number of aryl methyl sites for hydroxylation is 2. The normalized spacial score (nSPS) is 9.15. The zero-order valence-electron chi connectivity index (χ0n) is 7.69. The van der Waals surface area contributed by atoms with Gasteiger partial charge in [0, 0.05) is 5.56 Å². The van der Waals surface area contributed by atoms with Crippen LogP contribution < -0.4 is 5.73 Å². The van der Waals surface area contributed by atoms with Crippen molar-refractivity contribution < 1.29 is 0 Å². The number of hydrogen-bond acceptors (Lipinski definition) is 2. The monoisotopic (exact) mass is 194 g/mol. The van der Waals surface area contributed by atoms with E-state index < -0.39 is 0 Å². The second-order valence-electron chi connectivity index (χ2n) is 2.76. The number of hydrogen-bond donors (Lipinski definition) is 1. The highest BCUT2D eigenvalue weighted by molar-refractivity contribution is 6.19. The summed E-state index contributed by atoms with van der Waals surface area (Å²) in [6, 6.07) is 1.81. The average Bonchev–Trinajstić information content (AvgIpc) is 2.02. The molecule has 0 unspecified atom stereocenters. The largest absolute Gasteiger partial charge is 0.384 e. The lowest BCUT2D eigenvalue weighted by Gasteiger charge is -2.03. The molecule has 0 amide bonds. The molecule has 0 saturated carbocycles. The van der Waals surface area contributed by atoms with Crippen LogP contribution in [0.25, 0.3) is 0 Å². The van der Waals surface area contributed by atoms with Crippen molar-refractivity contribution in [2.24, 2.45) is 0 Å². The molecule has 68 valence electrons. The molecule has 0 aromatic carbocycles. The van der Waals surface area contributed by atoms with E-state index in [2.05, 4.69) is 16.8 Å². The van der Waals surface area contributed by atoms with Crippen LogP contribution in [0, 0.1) is 25.7 Å². The number of nitrogens with zero attached hydrogens (tertiary/aromatic N) is 1. The number of alkyl halides is 1. The molecule has 0 fully saturated rings. The van der Waals surface area contributed by atoms with Crippen LogP contribution >= 0.6 is 11.6 Å². The zero-order chi connectivity index (χ0) is 9.84. The Balaban J connectivity index is 3.21. The van der Waals surface area contributed by atoms with Gasteiger partial charge in [0.25, 0.3) is 0 Å².